The highest BCUT2D eigenvalue weighted by Gasteiger charge is 2.27. The number of piperidine rings is 1. The molecule has 2 aromatic heterocycles. The molecule has 0 radical (unpaired) electrons. The fraction of sp³-hybridized carbons (Fsp3) is 0.562. The van der Waals surface area contributed by atoms with Crippen LogP contribution >= 0.6 is 11.3 Å². The Hall–Kier alpha value is -1.49. The smallest absolute Gasteiger partial charge is 0.132 e. The molecule has 1 saturated carbocycles. The number of aryl methyl sites for hydroxylation is 1. The Bertz CT molecular complexity index is 627. The van der Waals surface area contributed by atoms with Gasteiger partial charge in [0.1, 0.15) is 12.1 Å². The van der Waals surface area contributed by atoms with Gasteiger partial charge in [0.05, 0.1) is 5.01 Å². The van der Waals surface area contributed by atoms with E-state index in [9.17, 15) is 0 Å². The van der Waals surface area contributed by atoms with Gasteiger partial charge in [0.25, 0.3) is 0 Å². The topological polar surface area (TPSA) is 41.9 Å². The summed E-state index contributed by atoms with van der Waals surface area (Å²) in [5, 5.41) is 1.31. The second kappa shape index (κ2) is 5.37. The normalized spacial score (nSPS) is 20.0. The second-order valence-electron chi connectivity index (χ2n) is 6.15. The van der Waals surface area contributed by atoms with Crippen LogP contribution in [0.4, 0.5) is 5.82 Å². The van der Waals surface area contributed by atoms with E-state index in [1.165, 1.54) is 41.3 Å². The minimum atomic E-state index is 0.629. The zero-order valence-electron chi connectivity index (χ0n) is 12.3. The first-order chi connectivity index (χ1) is 10.3. The molecule has 2 aromatic rings. The van der Waals surface area contributed by atoms with E-state index < -0.39 is 0 Å². The predicted octanol–water partition coefficient (Wildman–Crippen LogP) is 3.50. The Labute approximate surface area is 129 Å². The first kappa shape index (κ1) is 13.2. The van der Waals surface area contributed by atoms with E-state index in [1.54, 1.807) is 6.33 Å². The largest absolute Gasteiger partial charge is 0.356 e. The molecule has 2 fully saturated rings. The Morgan fingerprint density at radius 3 is 2.52 bits per heavy atom. The van der Waals surface area contributed by atoms with E-state index in [-0.39, 0.29) is 0 Å². The quantitative estimate of drug-likeness (QED) is 0.870. The summed E-state index contributed by atoms with van der Waals surface area (Å²) in [5.41, 5.74) is 1.23. The van der Waals surface area contributed by atoms with Crippen LogP contribution in [0.5, 0.6) is 0 Å². The van der Waals surface area contributed by atoms with E-state index in [0.717, 1.165) is 18.9 Å². The van der Waals surface area contributed by atoms with Crippen LogP contribution in [0.15, 0.2) is 18.6 Å². The molecule has 0 bridgehead atoms. The Morgan fingerprint density at radius 1 is 1.05 bits per heavy atom. The lowest BCUT2D eigenvalue weighted by Gasteiger charge is -2.32. The lowest BCUT2D eigenvalue weighted by molar-refractivity contribution is 0.500. The molecule has 0 atom stereocenters. The summed E-state index contributed by atoms with van der Waals surface area (Å²) in [5.74, 6) is 2.44. The van der Waals surface area contributed by atoms with Crippen molar-refractivity contribution in [2.24, 2.45) is 0 Å². The van der Waals surface area contributed by atoms with Crippen molar-refractivity contribution in [3.05, 3.63) is 34.2 Å². The molecule has 1 saturated heterocycles. The molecule has 2 aliphatic rings. The average Bonchev–Trinajstić information content (AvgIpc) is 3.29. The van der Waals surface area contributed by atoms with Crippen molar-refractivity contribution in [3.63, 3.8) is 0 Å². The molecule has 1 aliphatic carbocycles. The minimum absolute atomic E-state index is 0.629. The maximum Gasteiger partial charge on any atom is 0.132 e. The van der Waals surface area contributed by atoms with Gasteiger partial charge in [-0.25, -0.2) is 15.0 Å². The number of thiazole rings is 1. The molecule has 110 valence electrons. The van der Waals surface area contributed by atoms with Gasteiger partial charge in [-0.1, -0.05) is 0 Å². The van der Waals surface area contributed by atoms with Gasteiger partial charge in [-0.3, -0.25) is 0 Å². The van der Waals surface area contributed by atoms with Gasteiger partial charge in [-0.05, 0) is 32.6 Å². The number of hydrogen-bond donors (Lipinski definition) is 0. The number of nitrogens with zero attached hydrogens (tertiary/aromatic N) is 4. The molecule has 21 heavy (non-hydrogen) atoms. The van der Waals surface area contributed by atoms with Crippen LogP contribution in [0.1, 0.15) is 53.1 Å². The second-order valence-corrected chi connectivity index (χ2v) is 7.41. The fourth-order valence-electron chi connectivity index (χ4n) is 3.05. The summed E-state index contributed by atoms with van der Waals surface area (Å²) < 4.78 is 0. The monoisotopic (exact) mass is 300 g/mol. The van der Waals surface area contributed by atoms with E-state index in [4.69, 9.17) is 0 Å². The lowest BCUT2D eigenvalue weighted by Crippen LogP contribution is -2.33. The maximum atomic E-state index is 4.56. The van der Waals surface area contributed by atoms with Crippen LogP contribution < -0.4 is 4.90 Å². The Kier molecular flexibility index (Phi) is 3.37. The molecule has 0 N–H and O–H groups in total. The SMILES string of the molecule is Cc1cnc(C2CCN(c3cc(C4CC4)ncn3)CC2)s1. The standard InChI is InChI=1S/C16H20N4S/c1-11-9-17-16(21-11)13-4-6-20(7-5-13)15-8-14(12-2-3-12)18-10-19-15/h8-10,12-13H,2-7H2,1H3. The van der Waals surface area contributed by atoms with Crippen LogP contribution in [0.2, 0.25) is 0 Å². The van der Waals surface area contributed by atoms with E-state index in [1.807, 2.05) is 17.5 Å². The molecular weight excluding hydrogens is 280 g/mol. The highest BCUT2D eigenvalue weighted by molar-refractivity contribution is 7.11. The van der Waals surface area contributed by atoms with Crippen molar-refractivity contribution in [1.29, 1.82) is 0 Å². The number of hydrogen-bond acceptors (Lipinski definition) is 5. The molecular formula is C16H20N4S. The molecule has 0 aromatic carbocycles. The van der Waals surface area contributed by atoms with E-state index in [2.05, 4.69) is 32.8 Å². The van der Waals surface area contributed by atoms with Gasteiger partial charge in [0.2, 0.25) is 0 Å². The van der Waals surface area contributed by atoms with Crippen LogP contribution in [-0.2, 0) is 0 Å². The van der Waals surface area contributed by atoms with Crippen LogP contribution in [0.3, 0.4) is 0 Å². The van der Waals surface area contributed by atoms with Crippen LogP contribution in [-0.4, -0.2) is 28.0 Å². The third kappa shape index (κ3) is 2.79. The number of aromatic nitrogens is 3. The molecule has 0 amide bonds. The summed E-state index contributed by atoms with van der Waals surface area (Å²) in [6, 6.07) is 2.20. The Balaban J connectivity index is 1.43. The van der Waals surface area contributed by atoms with Gasteiger partial charge in [-0.15, -0.1) is 11.3 Å². The van der Waals surface area contributed by atoms with Crippen molar-refractivity contribution >= 4 is 17.2 Å². The van der Waals surface area contributed by atoms with Gasteiger partial charge in [0.15, 0.2) is 0 Å². The zero-order chi connectivity index (χ0) is 14.2. The maximum absolute atomic E-state index is 4.56. The van der Waals surface area contributed by atoms with E-state index in [0.29, 0.717) is 11.8 Å². The van der Waals surface area contributed by atoms with Crippen molar-refractivity contribution in [3.8, 4) is 0 Å². The molecule has 0 spiro atoms. The predicted molar refractivity (Wildman–Crippen MR) is 85.0 cm³/mol. The average molecular weight is 300 g/mol. The molecule has 0 unspecified atom stereocenters. The molecule has 4 nitrogen and oxygen atoms in total. The molecule has 1 aliphatic heterocycles. The van der Waals surface area contributed by atoms with Crippen molar-refractivity contribution < 1.29 is 0 Å². The fourth-order valence-corrected chi connectivity index (χ4v) is 4.00. The summed E-state index contributed by atoms with van der Waals surface area (Å²) in [7, 11) is 0. The van der Waals surface area contributed by atoms with Crippen molar-refractivity contribution in [2.75, 3.05) is 18.0 Å². The first-order valence-electron chi connectivity index (χ1n) is 7.79. The van der Waals surface area contributed by atoms with Crippen LogP contribution in [0, 0.1) is 6.92 Å². The molecule has 5 heteroatoms. The molecule has 4 rings (SSSR count). The first-order valence-corrected chi connectivity index (χ1v) is 8.60. The summed E-state index contributed by atoms with van der Waals surface area (Å²) in [4.78, 5) is 17.2. The molecule has 3 heterocycles. The minimum Gasteiger partial charge on any atom is -0.356 e. The number of rotatable bonds is 3. The van der Waals surface area contributed by atoms with Crippen LogP contribution in [0.25, 0.3) is 0 Å². The third-order valence-corrected chi connectivity index (χ3v) is 5.55. The van der Waals surface area contributed by atoms with Gasteiger partial charge < -0.3 is 4.90 Å². The summed E-state index contributed by atoms with van der Waals surface area (Å²) in [6.07, 6.45) is 8.67. The highest BCUT2D eigenvalue weighted by Crippen LogP contribution is 2.40. The Morgan fingerprint density at radius 2 is 1.86 bits per heavy atom. The number of anilines is 1. The zero-order valence-corrected chi connectivity index (χ0v) is 13.1. The highest BCUT2D eigenvalue weighted by atomic mass is 32.1. The van der Waals surface area contributed by atoms with Gasteiger partial charge in [-0.2, -0.15) is 0 Å². The van der Waals surface area contributed by atoms with Crippen molar-refractivity contribution in [2.45, 2.75) is 44.4 Å². The summed E-state index contributed by atoms with van der Waals surface area (Å²) in [6.45, 7) is 4.28. The lowest BCUT2D eigenvalue weighted by atomic mass is 9.97. The van der Waals surface area contributed by atoms with E-state index >= 15 is 0 Å². The van der Waals surface area contributed by atoms with Gasteiger partial charge in [0, 0.05) is 47.8 Å². The summed E-state index contributed by atoms with van der Waals surface area (Å²) >= 11 is 1.85. The van der Waals surface area contributed by atoms with Crippen molar-refractivity contribution in [1.82, 2.24) is 15.0 Å². The van der Waals surface area contributed by atoms with Gasteiger partial charge >= 0.3 is 0 Å². The third-order valence-electron chi connectivity index (χ3n) is 4.48.